The monoisotopic (exact) mass is 661 g/mol. The van der Waals surface area contributed by atoms with Crippen LogP contribution in [0.3, 0.4) is 0 Å². The average Bonchev–Trinajstić information content (AvgIpc) is 3.29. The predicted molar refractivity (Wildman–Crippen MR) is 180 cm³/mol. The summed E-state index contributed by atoms with van der Waals surface area (Å²) in [6.07, 6.45) is 3.71. The van der Waals surface area contributed by atoms with Crippen LogP contribution < -0.4 is 48.9 Å². The fraction of sp³-hybridized carbons (Fsp3) is 0.324. The second kappa shape index (κ2) is 15.2. The molecule has 5 rings (SSSR count). The van der Waals surface area contributed by atoms with Crippen LogP contribution in [0.2, 0.25) is 0 Å². The van der Waals surface area contributed by atoms with Crippen molar-refractivity contribution < 1.29 is 53.7 Å². The van der Waals surface area contributed by atoms with Crippen molar-refractivity contribution in [1.29, 1.82) is 0 Å². The van der Waals surface area contributed by atoms with E-state index < -0.39 is 11.4 Å². The van der Waals surface area contributed by atoms with Gasteiger partial charge in [0.05, 0.1) is 25.5 Å². The van der Waals surface area contributed by atoms with Gasteiger partial charge in [0.1, 0.15) is 18.1 Å². The van der Waals surface area contributed by atoms with E-state index in [0.717, 1.165) is 49.6 Å². The van der Waals surface area contributed by atoms with Crippen LogP contribution in [-0.4, -0.2) is 39.5 Å². The van der Waals surface area contributed by atoms with E-state index in [1.807, 2.05) is 42.5 Å². The summed E-state index contributed by atoms with van der Waals surface area (Å²) >= 11 is 1.73. The number of carboxylic acids is 1. The molecule has 0 spiro atoms. The molecular formula is C37H40N3NaO5S. The molecule has 0 bridgehead atoms. The van der Waals surface area contributed by atoms with Crippen LogP contribution in [0.15, 0.2) is 84.0 Å². The van der Waals surface area contributed by atoms with Crippen molar-refractivity contribution in [2.75, 3.05) is 14.2 Å². The Kier molecular flexibility index (Phi) is 11.7. The molecule has 0 atom stereocenters. The molecule has 10 heteroatoms. The molecular weight excluding hydrogens is 621 g/mol. The summed E-state index contributed by atoms with van der Waals surface area (Å²) < 4.78 is 19.4. The molecule has 0 saturated heterocycles. The SMILES string of the molecule is COc1ccnc(OC)c1-c1ccc(Cn2c(CC(C)(C)C(=O)[O-])c(SC(C)(C)C)c3cc(OCc4ccccn4)ccc32)cc1.[Na+]. The summed E-state index contributed by atoms with van der Waals surface area (Å²) in [6, 6.07) is 21.8. The van der Waals surface area contributed by atoms with Gasteiger partial charge in [0.25, 0.3) is 0 Å². The molecule has 0 saturated carbocycles. The molecule has 240 valence electrons. The van der Waals surface area contributed by atoms with Gasteiger partial charge in [-0.15, -0.1) is 11.8 Å². The number of methoxy groups -OCH3 is 2. The Bertz CT molecular complexity index is 1810. The first kappa shape index (κ1) is 36.3. The topological polar surface area (TPSA) is 98.5 Å². The number of carboxylic acid groups (broad SMARTS) is 1. The van der Waals surface area contributed by atoms with E-state index in [1.54, 1.807) is 52.2 Å². The molecule has 47 heavy (non-hydrogen) atoms. The van der Waals surface area contributed by atoms with E-state index in [0.29, 0.717) is 31.2 Å². The number of hydrogen-bond acceptors (Lipinski definition) is 8. The normalized spacial score (nSPS) is 11.6. The molecule has 0 fully saturated rings. The first-order valence-electron chi connectivity index (χ1n) is 15.1. The van der Waals surface area contributed by atoms with Crippen molar-refractivity contribution in [3.63, 3.8) is 0 Å². The fourth-order valence-corrected chi connectivity index (χ4v) is 6.52. The molecule has 0 aliphatic rings. The standard InChI is InChI=1S/C37H41N3O5S.Na/c1-36(2,3)46-33-28-20-27(45-23-26-10-8-9-18-38-26)15-16-29(28)40(30(33)21-37(4,5)35(41)42)22-24-11-13-25(14-12-24)32-31(43-6)17-19-39-34(32)44-7;/h8-20H,21-23H2,1-7H3,(H,41,42);/q;+1/p-1. The van der Waals surface area contributed by atoms with Gasteiger partial charge in [-0.3, -0.25) is 4.98 Å². The third kappa shape index (κ3) is 8.51. The van der Waals surface area contributed by atoms with Gasteiger partial charge >= 0.3 is 29.6 Å². The van der Waals surface area contributed by atoms with Gasteiger partial charge in [0, 0.05) is 56.6 Å². The van der Waals surface area contributed by atoms with Crippen LogP contribution in [0.1, 0.15) is 51.6 Å². The molecule has 2 aromatic carbocycles. The number of thioether (sulfide) groups is 1. The molecule has 8 nitrogen and oxygen atoms in total. The summed E-state index contributed by atoms with van der Waals surface area (Å²) in [5.74, 6) is 0.799. The van der Waals surface area contributed by atoms with Crippen molar-refractivity contribution >= 4 is 28.6 Å². The van der Waals surface area contributed by atoms with Crippen LogP contribution in [-0.2, 0) is 24.4 Å². The summed E-state index contributed by atoms with van der Waals surface area (Å²) in [5, 5.41) is 13.3. The van der Waals surface area contributed by atoms with Crippen LogP contribution in [0.4, 0.5) is 0 Å². The number of rotatable bonds is 12. The van der Waals surface area contributed by atoms with Crippen LogP contribution in [0.25, 0.3) is 22.0 Å². The van der Waals surface area contributed by atoms with Crippen molar-refractivity contribution in [3.8, 4) is 28.5 Å². The van der Waals surface area contributed by atoms with E-state index in [1.165, 1.54) is 0 Å². The van der Waals surface area contributed by atoms with Gasteiger partial charge in [-0.25, -0.2) is 4.98 Å². The number of hydrogen-bond donors (Lipinski definition) is 0. The number of aliphatic carboxylic acids is 1. The minimum atomic E-state index is -1.09. The first-order chi connectivity index (χ1) is 21.9. The number of benzene rings is 2. The number of carbonyl (C=O) groups is 1. The third-order valence-electron chi connectivity index (χ3n) is 7.65. The zero-order valence-corrected chi connectivity index (χ0v) is 31.2. The predicted octanol–water partition coefficient (Wildman–Crippen LogP) is 3.96. The summed E-state index contributed by atoms with van der Waals surface area (Å²) in [5.41, 5.74) is 4.45. The van der Waals surface area contributed by atoms with E-state index >= 15 is 0 Å². The quantitative estimate of drug-likeness (QED) is 0.147. The Hall–Kier alpha value is -3.50. The number of fused-ring (bicyclic) bond motifs is 1. The van der Waals surface area contributed by atoms with Crippen LogP contribution in [0.5, 0.6) is 17.4 Å². The van der Waals surface area contributed by atoms with Gasteiger partial charge < -0.3 is 28.7 Å². The number of carbonyl (C=O) groups excluding carboxylic acids is 1. The van der Waals surface area contributed by atoms with E-state index in [2.05, 4.69) is 59.6 Å². The van der Waals surface area contributed by atoms with Gasteiger partial charge in [-0.1, -0.05) is 65.0 Å². The van der Waals surface area contributed by atoms with Crippen molar-refractivity contribution in [1.82, 2.24) is 14.5 Å². The second-order valence-electron chi connectivity index (χ2n) is 12.8. The van der Waals surface area contributed by atoms with Gasteiger partial charge in [0.2, 0.25) is 5.88 Å². The van der Waals surface area contributed by atoms with Crippen molar-refractivity contribution in [3.05, 3.63) is 96.1 Å². The maximum Gasteiger partial charge on any atom is 1.00 e. The first-order valence-corrected chi connectivity index (χ1v) is 16.0. The molecule has 0 aliphatic carbocycles. The maximum atomic E-state index is 12.3. The second-order valence-corrected chi connectivity index (χ2v) is 14.6. The Balaban J connectivity index is 0.00000500. The fourth-order valence-electron chi connectivity index (χ4n) is 5.33. The van der Waals surface area contributed by atoms with Crippen LogP contribution >= 0.6 is 11.8 Å². The molecule has 0 N–H and O–H groups in total. The zero-order valence-electron chi connectivity index (χ0n) is 28.4. The Morgan fingerprint density at radius 1 is 0.915 bits per heavy atom. The summed E-state index contributed by atoms with van der Waals surface area (Å²) in [6.45, 7) is 10.8. The molecule has 5 aromatic rings. The minimum Gasteiger partial charge on any atom is -0.550 e. The zero-order chi connectivity index (χ0) is 33.1. The van der Waals surface area contributed by atoms with Gasteiger partial charge in [-0.05, 0) is 53.9 Å². The molecule has 0 unspecified atom stereocenters. The summed E-state index contributed by atoms with van der Waals surface area (Å²) in [4.78, 5) is 22.1. The van der Waals surface area contributed by atoms with E-state index in [-0.39, 0.29) is 34.3 Å². The maximum absolute atomic E-state index is 12.3. The van der Waals surface area contributed by atoms with Gasteiger partial charge in [0.15, 0.2) is 0 Å². The van der Waals surface area contributed by atoms with E-state index in [4.69, 9.17) is 14.2 Å². The molecule has 3 aromatic heterocycles. The number of aromatic nitrogens is 3. The van der Waals surface area contributed by atoms with E-state index in [9.17, 15) is 9.90 Å². The average molecular weight is 662 g/mol. The van der Waals surface area contributed by atoms with Crippen molar-refractivity contribution in [2.24, 2.45) is 5.41 Å². The molecule has 0 radical (unpaired) electrons. The Morgan fingerprint density at radius 3 is 2.28 bits per heavy atom. The molecule has 0 amide bonds. The number of nitrogens with zero attached hydrogens (tertiary/aromatic N) is 3. The smallest absolute Gasteiger partial charge is 0.550 e. The largest absolute Gasteiger partial charge is 1.00 e. The molecule has 0 aliphatic heterocycles. The number of ether oxygens (including phenoxy) is 3. The van der Waals surface area contributed by atoms with Gasteiger partial charge in [-0.2, -0.15) is 0 Å². The minimum absolute atomic E-state index is 0. The van der Waals surface area contributed by atoms with Crippen LogP contribution in [0, 0.1) is 5.41 Å². The van der Waals surface area contributed by atoms with Crippen molar-refractivity contribution in [2.45, 2.75) is 63.8 Å². The Labute approximate surface area is 303 Å². The third-order valence-corrected chi connectivity index (χ3v) is 8.92. The summed E-state index contributed by atoms with van der Waals surface area (Å²) in [7, 11) is 3.22. The molecule has 3 heterocycles. The number of pyridine rings is 2. The Morgan fingerprint density at radius 2 is 1.66 bits per heavy atom.